The third-order valence-electron chi connectivity index (χ3n) is 4.82. The topological polar surface area (TPSA) is 87.2 Å². The zero-order chi connectivity index (χ0) is 18.1. The van der Waals surface area contributed by atoms with Crippen molar-refractivity contribution in [3.63, 3.8) is 0 Å². The Morgan fingerprint density at radius 2 is 1.84 bits per heavy atom. The normalized spacial score (nSPS) is 21.0. The van der Waals surface area contributed by atoms with Gasteiger partial charge < -0.3 is 14.7 Å². The van der Waals surface area contributed by atoms with Crippen LogP contribution in [0.2, 0.25) is 0 Å². The van der Waals surface area contributed by atoms with E-state index in [9.17, 15) is 13.2 Å². The SMILES string of the molecule is C#Cc1ccc(S(=O)(=O)N2CCOC3(CCN(C(=O)O)CC3)C2)cc1. The van der Waals surface area contributed by atoms with Crippen molar-refractivity contribution >= 4 is 16.1 Å². The number of nitrogens with zero attached hydrogens (tertiary/aromatic N) is 2. The average molecular weight is 364 g/mol. The standard InChI is InChI=1S/C17H20N2O5S/c1-2-14-3-5-15(6-4-14)25(22,23)19-11-12-24-17(13-19)7-9-18(10-8-17)16(20)21/h1,3-6H,7-13H2,(H,20,21). The van der Waals surface area contributed by atoms with E-state index in [-0.39, 0.29) is 18.0 Å². The third-order valence-corrected chi connectivity index (χ3v) is 6.68. The fraction of sp³-hybridized carbons (Fsp3) is 0.471. The van der Waals surface area contributed by atoms with Crippen LogP contribution in [0.15, 0.2) is 29.2 Å². The first kappa shape index (κ1) is 17.7. The van der Waals surface area contributed by atoms with Crippen LogP contribution in [0.25, 0.3) is 0 Å². The highest BCUT2D eigenvalue weighted by Gasteiger charge is 2.43. The molecule has 2 aliphatic heterocycles. The van der Waals surface area contributed by atoms with E-state index in [4.69, 9.17) is 16.3 Å². The second-order valence-corrected chi connectivity index (χ2v) is 8.25. The van der Waals surface area contributed by atoms with Gasteiger partial charge in [-0.1, -0.05) is 5.92 Å². The van der Waals surface area contributed by atoms with Crippen LogP contribution >= 0.6 is 0 Å². The Balaban J connectivity index is 1.76. The lowest BCUT2D eigenvalue weighted by molar-refractivity contribution is -0.116. The molecule has 1 amide bonds. The first-order valence-corrected chi connectivity index (χ1v) is 9.49. The number of piperidine rings is 1. The predicted molar refractivity (Wildman–Crippen MR) is 90.7 cm³/mol. The number of ether oxygens (including phenoxy) is 1. The third kappa shape index (κ3) is 3.49. The van der Waals surface area contributed by atoms with E-state index in [1.807, 2.05) is 0 Å². The molecule has 3 rings (SSSR count). The van der Waals surface area contributed by atoms with Crippen LogP contribution in [-0.4, -0.2) is 67.2 Å². The van der Waals surface area contributed by atoms with Crippen molar-refractivity contribution in [2.45, 2.75) is 23.3 Å². The number of likely N-dealkylation sites (tertiary alicyclic amines) is 1. The van der Waals surface area contributed by atoms with Crippen molar-refractivity contribution < 1.29 is 23.1 Å². The molecule has 25 heavy (non-hydrogen) atoms. The summed E-state index contributed by atoms with van der Waals surface area (Å²) in [6.07, 6.45) is 5.33. The quantitative estimate of drug-likeness (QED) is 0.797. The van der Waals surface area contributed by atoms with Gasteiger partial charge in [0, 0.05) is 31.7 Å². The van der Waals surface area contributed by atoms with Crippen molar-refractivity contribution in [2.24, 2.45) is 0 Å². The maximum absolute atomic E-state index is 12.9. The molecule has 2 saturated heterocycles. The Hall–Kier alpha value is -2.08. The number of carbonyl (C=O) groups is 1. The summed E-state index contributed by atoms with van der Waals surface area (Å²) in [6, 6.07) is 6.24. The molecule has 0 bridgehead atoms. The fourth-order valence-corrected chi connectivity index (χ4v) is 4.79. The molecular weight excluding hydrogens is 344 g/mol. The fourth-order valence-electron chi connectivity index (χ4n) is 3.30. The van der Waals surface area contributed by atoms with Gasteiger partial charge >= 0.3 is 6.09 Å². The van der Waals surface area contributed by atoms with Gasteiger partial charge in [0.05, 0.1) is 17.1 Å². The number of hydrogen-bond acceptors (Lipinski definition) is 4. The summed E-state index contributed by atoms with van der Waals surface area (Å²) >= 11 is 0. The first-order valence-electron chi connectivity index (χ1n) is 8.05. The van der Waals surface area contributed by atoms with Gasteiger partial charge in [-0.05, 0) is 37.1 Å². The molecule has 1 aromatic rings. The highest BCUT2D eigenvalue weighted by atomic mass is 32.2. The smallest absolute Gasteiger partial charge is 0.407 e. The van der Waals surface area contributed by atoms with E-state index in [2.05, 4.69) is 5.92 Å². The largest absolute Gasteiger partial charge is 0.465 e. The number of sulfonamides is 1. The molecule has 7 nitrogen and oxygen atoms in total. The molecule has 1 N–H and O–H groups in total. The summed E-state index contributed by atoms with van der Waals surface area (Å²) in [5.74, 6) is 2.46. The van der Waals surface area contributed by atoms with Gasteiger partial charge in [-0.25, -0.2) is 13.2 Å². The van der Waals surface area contributed by atoms with E-state index in [1.54, 1.807) is 12.1 Å². The Kier molecular flexibility index (Phi) is 4.73. The summed E-state index contributed by atoms with van der Waals surface area (Å²) < 4.78 is 33.1. The summed E-state index contributed by atoms with van der Waals surface area (Å²) in [5, 5.41) is 9.06. The number of benzene rings is 1. The molecule has 8 heteroatoms. The lowest BCUT2D eigenvalue weighted by Crippen LogP contribution is -2.58. The van der Waals surface area contributed by atoms with E-state index < -0.39 is 21.7 Å². The molecule has 134 valence electrons. The van der Waals surface area contributed by atoms with Crippen LogP contribution in [0.4, 0.5) is 4.79 Å². The number of morpholine rings is 1. The van der Waals surface area contributed by atoms with Gasteiger partial charge in [0.15, 0.2) is 0 Å². The Bertz CT molecular complexity index is 789. The molecule has 2 heterocycles. The van der Waals surface area contributed by atoms with Gasteiger partial charge in [-0.2, -0.15) is 4.31 Å². The maximum atomic E-state index is 12.9. The molecule has 0 unspecified atom stereocenters. The van der Waals surface area contributed by atoms with Gasteiger partial charge in [0.25, 0.3) is 0 Å². The van der Waals surface area contributed by atoms with E-state index in [0.717, 1.165) is 0 Å². The van der Waals surface area contributed by atoms with Crippen molar-refractivity contribution in [1.29, 1.82) is 0 Å². The minimum absolute atomic E-state index is 0.200. The van der Waals surface area contributed by atoms with Gasteiger partial charge in [-0.15, -0.1) is 6.42 Å². The molecular formula is C17H20N2O5S. The molecule has 2 aliphatic rings. The van der Waals surface area contributed by atoms with Crippen molar-refractivity contribution in [3.05, 3.63) is 29.8 Å². The minimum atomic E-state index is -3.64. The van der Waals surface area contributed by atoms with Gasteiger partial charge in [-0.3, -0.25) is 0 Å². The Labute approximate surface area is 147 Å². The Morgan fingerprint density at radius 1 is 1.20 bits per heavy atom. The maximum Gasteiger partial charge on any atom is 0.407 e. The number of terminal acetylenes is 1. The van der Waals surface area contributed by atoms with E-state index >= 15 is 0 Å². The van der Waals surface area contributed by atoms with Crippen molar-refractivity contribution in [1.82, 2.24) is 9.21 Å². The van der Waals surface area contributed by atoms with Crippen molar-refractivity contribution in [3.8, 4) is 12.3 Å². The second kappa shape index (κ2) is 6.67. The molecule has 0 aromatic heterocycles. The zero-order valence-electron chi connectivity index (χ0n) is 13.7. The molecule has 0 aliphatic carbocycles. The molecule has 0 saturated carbocycles. The molecule has 1 spiro atoms. The second-order valence-electron chi connectivity index (χ2n) is 6.31. The number of rotatable bonds is 2. The highest BCUT2D eigenvalue weighted by molar-refractivity contribution is 7.89. The van der Waals surface area contributed by atoms with Crippen LogP contribution in [0.3, 0.4) is 0 Å². The summed E-state index contributed by atoms with van der Waals surface area (Å²) in [5.41, 5.74) is 0.00850. The van der Waals surface area contributed by atoms with Crippen molar-refractivity contribution in [2.75, 3.05) is 32.8 Å². The highest BCUT2D eigenvalue weighted by Crippen LogP contribution is 2.32. The molecule has 0 atom stereocenters. The van der Waals surface area contributed by atoms with E-state index in [1.165, 1.54) is 21.3 Å². The number of hydrogen-bond donors (Lipinski definition) is 1. The number of carboxylic acid groups (broad SMARTS) is 1. The molecule has 1 aromatic carbocycles. The van der Waals surface area contributed by atoms with Crippen LogP contribution in [0.5, 0.6) is 0 Å². The first-order chi connectivity index (χ1) is 11.9. The van der Waals surface area contributed by atoms with Gasteiger partial charge in [0.1, 0.15) is 0 Å². The molecule has 2 fully saturated rings. The average Bonchev–Trinajstić information content (AvgIpc) is 2.62. The van der Waals surface area contributed by atoms with Crippen LogP contribution < -0.4 is 0 Å². The lowest BCUT2D eigenvalue weighted by Gasteiger charge is -2.46. The lowest BCUT2D eigenvalue weighted by atomic mass is 9.90. The van der Waals surface area contributed by atoms with Crippen LogP contribution in [-0.2, 0) is 14.8 Å². The van der Waals surface area contributed by atoms with Crippen LogP contribution in [0, 0.1) is 12.3 Å². The van der Waals surface area contributed by atoms with Gasteiger partial charge in [0.2, 0.25) is 10.0 Å². The molecule has 0 radical (unpaired) electrons. The van der Waals surface area contributed by atoms with Crippen LogP contribution in [0.1, 0.15) is 18.4 Å². The summed E-state index contributed by atoms with van der Waals surface area (Å²) in [4.78, 5) is 12.6. The predicted octanol–water partition coefficient (Wildman–Crippen LogP) is 1.20. The van der Waals surface area contributed by atoms with E-state index in [0.29, 0.717) is 38.1 Å². The zero-order valence-corrected chi connectivity index (χ0v) is 14.5. The monoisotopic (exact) mass is 364 g/mol. The Morgan fingerprint density at radius 3 is 2.40 bits per heavy atom. The summed E-state index contributed by atoms with van der Waals surface area (Å²) in [6.45, 7) is 1.51. The summed E-state index contributed by atoms with van der Waals surface area (Å²) in [7, 11) is -3.64. The minimum Gasteiger partial charge on any atom is -0.465 e. The number of amides is 1.